The highest BCUT2D eigenvalue weighted by molar-refractivity contribution is 4.86. The van der Waals surface area contributed by atoms with Crippen molar-refractivity contribution in [2.24, 2.45) is 0 Å². The fraction of sp³-hybridized carbons (Fsp3) is 1.00. The van der Waals surface area contributed by atoms with Gasteiger partial charge in [-0.2, -0.15) is 0 Å². The average molecular weight is 142 g/mol. The molecule has 1 aliphatic rings. The lowest BCUT2D eigenvalue weighted by Gasteiger charge is -2.36. The summed E-state index contributed by atoms with van der Waals surface area (Å²) in [7, 11) is 0. The quantitative estimate of drug-likeness (QED) is 0.598. The smallest absolute Gasteiger partial charge is 0.0647 e. The Labute approximate surface area is 63.4 Å². The Morgan fingerprint density at radius 3 is 2.40 bits per heavy atom. The van der Waals surface area contributed by atoms with E-state index in [9.17, 15) is 5.11 Å². The van der Waals surface area contributed by atoms with Gasteiger partial charge in [-0.25, -0.2) is 0 Å². The van der Waals surface area contributed by atoms with Crippen LogP contribution in [0.2, 0.25) is 0 Å². The Balaban J connectivity index is 2.01. The van der Waals surface area contributed by atoms with Gasteiger partial charge in [-0.15, -0.1) is 0 Å². The standard InChI is InChI=1S/C9H18O/c1-2-3-4-6-9(10)7-5-8-9/h10H,2-8H2,1H3. The minimum Gasteiger partial charge on any atom is -0.390 e. The maximum absolute atomic E-state index is 9.64. The molecule has 0 aromatic carbocycles. The van der Waals surface area contributed by atoms with Crippen LogP contribution >= 0.6 is 0 Å². The van der Waals surface area contributed by atoms with E-state index in [0.717, 1.165) is 19.3 Å². The van der Waals surface area contributed by atoms with Gasteiger partial charge in [0, 0.05) is 0 Å². The molecule has 60 valence electrons. The Morgan fingerprint density at radius 2 is 2.00 bits per heavy atom. The molecule has 0 aromatic rings. The molecule has 10 heavy (non-hydrogen) atoms. The molecule has 0 saturated heterocycles. The molecule has 0 atom stereocenters. The average Bonchev–Trinajstić information content (AvgIpc) is 1.85. The number of hydrogen-bond acceptors (Lipinski definition) is 1. The maximum Gasteiger partial charge on any atom is 0.0647 e. The van der Waals surface area contributed by atoms with Gasteiger partial charge in [-0.05, 0) is 25.7 Å². The van der Waals surface area contributed by atoms with Crippen LogP contribution in [0.1, 0.15) is 51.9 Å². The van der Waals surface area contributed by atoms with Crippen molar-refractivity contribution in [1.82, 2.24) is 0 Å². The van der Waals surface area contributed by atoms with Gasteiger partial charge in [-0.3, -0.25) is 0 Å². The highest BCUT2D eigenvalue weighted by atomic mass is 16.3. The molecule has 1 aliphatic carbocycles. The van der Waals surface area contributed by atoms with Crippen molar-refractivity contribution < 1.29 is 5.11 Å². The summed E-state index contributed by atoms with van der Waals surface area (Å²) in [5.74, 6) is 0. The van der Waals surface area contributed by atoms with Crippen LogP contribution in [0.25, 0.3) is 0 Å². The van der Waals surface area contributed by atoms with Crippen LogP contribution < -0.4 is 0 Å². The fourth-order valence-electron chi connectivity index (χ4n) is 1.54. The summed E-state index contributed by atoms with van der Waals surface area (Å²) >= 11 is 0. The van der Waals surface area contributed by atoms with E-state index in [-0.39, 0.29) is 5.60 Å². The number of aliphatic hydroxyl groups is 1. The maximum atomic E-state index is 9.64. The zero-order valence-electron chi connectivity index (χ0n) is 6.90. The first kappa shape index (κ1) is 8.06. The molecule has 0 heterocycles. The monoisotopic (exact) mass is 142 g/mol. The third-order valence-electron chi connectivity index (χ3n) is 2.53. The summed E-state index contributed by atoms with van der Waals surface area (Å²) in [6.07, 6.45) is 8.14. The van der Waals surface area contributed by atoms with Gasteiger partial charge in [0.2, 0.25) is 0 Å². The molecule has 0 spiro atoms. The van der Waals surface area contributed by atoms with Gasteiger partial charge < -0.3 is 5.11 Å². The second-order valence-electron chi connectivity index (χ2n) is 3.54. The molecule has 0 radical (unpaired) electrons. The van der Waals surface area contributed by atoms with Gasteiger partial charge in [-0.1, -0.05) is 26.2 Å². The van der Waals surface area contributed by atoms with Crippen molar-refractivity contribution in [2.75, 3.05) is 0 Å². The molecule has 1 rings (SSSR count). The van der Waals surface area contributed by atoms with E-state index in [1.54, 1.807) is 0 Å². The first-order valence-corrected chi connectivity index (χ1v) is 4.49. The van der Waals surface area contributed by atoms with Crippen LogP contribution in [0.3, 0.4) is 0 Å². The highest BCUT2D eigenvalue weighted by Gasteiger charge is 2.32. The van der Waals surface area contributed by atoms with Crippen molar-refractivity contribution in [2.45, 2.75) is 57.5 Å². The van der Waals surface area contributed by atoms with Crippen LogP contribution in [0.15, 0.2) is 0 Å². The van der Waals surface area contributed by atoms with E-state index in [0.29, 0.717) is 0 Å². The zero-order chi connectivity index (χ0) is 7.45. The molecular formula is C9H18O. The molecule has 1 N–H and O–H groups in total. The molecule has 0 aromatic heterocycles. The topological polar surface area (TPSA) is 20.2 Å². The van der Waals surface area contributed by atoms with Gasteiger partial charge in [0.05, 0.1) is 5.60 Å². The SMILES string of the molecule is CCCCCC1(O)CCC1. The second kappa shape index (κ2) is 3.38. The summed E-state index contributed by atoms with van der Waals surface area (Å²) in [6.45, 7) is 2.20. The van der Waals surface area contributed by atoms with Crippen LogP contribution in [-0.4, -0.2) is 10.7 Å². The van der Waals surface area contributed by atoms with E-state index >= 15 is 0 Å². The molecule has 0 unspecified atom stereocenters. The number of rotatable bonds is 4. The minimum atomic E-state index is -0.227. The molecule has 1 saturated carbocycles. The highest BCUT2D eigenvalue weighted by Crippen LogP contribution is 2.35. The number of unbranched alkanes of at least 4 members (excludes halogenated alkanes) is 2. The molecule has 0 aliphatic heterocycles. The normalized spacial score (nSPS) is 22.2. The Bertz CT molecular complexity index is 94.9. The Morgan fingerprint density at radius 1 is 1.30 bits per heavy atom. The summed E-state index contributed by atoms with van der Waals surface area (Å²) in [6, 6.07) is 0. The Kier molecular flexibility index (Phi) is 2.72. The predicted molar refractivity (Wildman–Crippen MR) is 42.9 cm³/mol. The lowest BCUT2D eigenvalue weighted by atomic mass is 9.77. The van der Waals surface area contributed by atoms with Gasteiger partial charge >= 0.3 is 0 Å². The summed E-state index contributed by atoms with van der Waals surface area (Å²) in [4.78, 5) is 0. The van der Waals surface area contributed by atoms with E-state index in [1.807, 2.05) is 0 Å². The summed E-state index contributed by atoms with van der Waals surface area (Å²) < 4.78 is 0. The molecule has 1 fully saturated rings. The van der Waals surface area contributed by atoms with E-state index in [4.69, 9.17) is 0 Å². The lowest BCUT2D eigenvalue weighted by molar-refractivity contribution is -0.0418. The third kappa shape index (κ3) is 1.98. The van der Waals surface area contributed by atoms with Crippen molar-refractivity contribution >= 4 is 0 Å². The van der Waals surface area contributed by atoms with Gasteiger partial charge in [0.25, 0.3) is 0 Å². The molecule has 0 amide bonds. The molecule has 1 nitrogen and oxygen atoms in total. The molecular weight excluding hydrogens is 124 g/mol. The van der Waals surface area contributed by atoms with Crippen LogP contribution in [0, 0.1) is 0 Å². The van der Waals surface area contributed by atoms with Gasteiger partial charge in [0.15, 0.2) is 0 Å². The largest absolute Gasteiger partial charge is 0.390 e. The van der Waals surface area contributed by atoms with Crippen molar-refractivity contribution in [3.8, 4) is 0 Å². The van der Waals surface area contributed by atoms with Crippen LogP contribution in [0.5, 0.6) is 0 Å². The fourth-order valence-corrected chi connectivity index (χ4v) is 1.54. The first-order valence-electron chi connectivity index (χ1n) is 4.49. The van der Waals surface area contributed by atoms with Crippen molar-refractivity contribution in [3.63, 3.8) is 0 Å². The first-order chi connectivity index (χ1) is 4.77. The second-order valence-corrected chi connectivity index (χ2v) is 3.54. The molecule has 1 heteroatoms. The summed E-state index contributed by atoms with van der Waals surface area (Å²) in [5.41, 5.74) is -0.227. The van der Waals surface area contributed by atoms with Crippen LogP contribution in [0.4, 0.5) is 0 Å². The lowest BCUT2D eigenvalue weighted by Crippen LogP contribution is -2.36. The zero-order valence-corrected chi connectivity index (χ0v) is 6.90. The van der Waals surface area contributed by atoms with Crippen LogP contribution in [-0.2, 0) is 0 Å². The van der Waals surface area contributed by atoms with Crippen molar-refractivity contribution in [3.05, 3.63) is 0 Å². The number of hydrogen-bond donors (Lipinski definition) is 1. The van der Waals surface area contributed by atoms with Crippen molar-refractivity contribution in [1.29, 1.82) is 0 Å². The third-order valence-corrected chi connectivity index (χ3v) is 2.53. The van der Waals surface area contributed by atoms with E-state index in [2.05, 4.69) is 6.92 Å². The Hall–Kier alpha value is -0.0400. The summed E-state index contributed by atoms with van der Waals surface area (Å²) in [5, 5.41) is 9.64. The molecule has 0 bridgehead atoms. The van der Waals surface area contributed by atoms with E-state index < -0.39 is 0 Å². The van der Waals surface area contributed by atoms with E-state index in [1.165, 1.54) is 25.7 Å². The predicted octanol–water partition coefficient (Wildman–Crippen LogP) is 2.48. The van der Waals surface area contributed by atoms with Gasteiger partial charge in [0.1, 0.15) is 0 Å². The minimum absolute atomic E-state index is 0.227.